The van der Waals surface area contributed by atoms with Crippen molar-refractivity contribution >= 4 is 29.3 Å². The number of halogens is 1. The van der Waals surface area contributed by atoms with E-state index in [2.05, 4.69) is 15.3 Å². The van der Waals surface area contributed by atoms with Gasteiger partial charge in [0, 0.05) is 47.5 Å². The number of carbonyl (C=O) groups is 1. The number of H-pyrrole nitrogens is 1. The smallest absolute Gasteiger partial charge is 0.220 e. The lowest BCUT2D eigenvalue weighted by Crippen LogP contribution is -2.25. The fourth-order valence-corrected chi connectivity index (χ4v) is 2.78. The number of benzene rings is 1. The normalized spacial score (nSPS) is 10.5. The molecule has 1 aromatic heterocycles. The summed E-state index contributed by atoms with van der Waals surface area (Å²) in [5, 5.41) is 3.66. The van der Waals surface area contributed by atoms with Crippen molar-refractivity contribution in [2.45, 2.75) is 24.2 Å². The van der Waals surface area contributed by atoms with Gasteiger partial charge in [0.2, 0.25) is 5.91 Å². The predicted octanol–water partition coefficient (Wildman–Crippen LogP) is 3.29. The zero-order valence-corrected chi connectivity index (χ0v) is 13.2. The Kier molecular flexibility index (Phi) is 6.63. The van der Waals surface area contributed by atoms with Crippen LogP contribution in [0.4, 0.5) is 0 Å². The summed E-state index contributed by atoms with van der Waals surface area (Å²) in [5.41, 5.74) is 0. The fourth-order valence-electron chi connectivity index (χ4n) is 1.80. The molecule has 0 saturated heterocycles. The summed E-state index contributed by atoms with van der Waals surface area (Å²) in [7, 11) is 0. The van der Waals surface area contributed by atoms with Crippen LogP contribution in [0.5, 0.6) is 0 Å². The minimum atomic E-state index is 0.0934. The van der Waals surface area contributed by atoms with E-state index in [0.717, 1.165) is 34.3 Å². The molecule has 0 aliphatic carbocycles. The first kappa shape index (κ1) is 15.9. The summed E-state index contributed by atoms with van der Waals surface area (Å²) in [4.78, 5) is 20.0. The van der Waals surface area contributed by atoms with Gasteiger partial charge in [0.15, 0.2) is 0 Å². The molecule has 0 aliphatic rings. The van der Waals surface area contributed by atoms with Gasteiger partial charge in [-0.25, -0.2) is 4.98 Å². The zero-order valence-electron chi connectivity index (χ0n) is 11.6. The molecule has 0 bridgehead atoms. The second-order valence-electron chi connectivity index (χ2n) is 4.54. The summed E-state index contributed by atoms with van der Waals surface area (Å²) >= 11 is 7.48. The van der Waals surface area contributed by atoms with Crippen LogP contribution in [0.2, 0.25) is 5.02 Å². The first-order valence-electron chi connectivity index (χ1n) is 6.87. The fraction of sp³-hybridized carbons (Fsp3) is 0.333. The van der Waals surface area contributed by atoms with Gasteiger partial charge in [-0.3, -0.25) is 4.79 Å². The third-order valence-electron chi connectivity index (χ3n) is 2.88. The lowest BCUT2D eigenvalue weighted by molar-refractivity contribution is -0.120. The Morgan fingerprint density at radius 2 is 2.14 bits per heavy atom. The summed E-state index contributed by atoms with van der Waals surface area (Å²) in [6.45, 7) is 0.686. The zero-order chi connectivity index (χ0) is 14.9. The molecule has 2 aromatic rings. The van der Waals surface area contributed by atoms with Crippen LogP contribution >= 0.6 is 23.4 Å². The molecule has 21 heavy (non-hydrogen) atoms. The average molecular weight is 324 g/mol. The molecule has 1 heterocycles. The molecule has 4 nitrogen and oxygen atoms in total. The second kappa shape index (κ2) is 8.74. The highest BCUT2D eigenvalue weighted by atomic mass is 35.5. The number of imidazole rings is 1. The van der Waals surface area contributed by atoms with Crippen molar-refractivity contribution in [2.24, 2.45) is 0 Å². The summed E-state index contributed by atoms with van der Waals surface area (Å²) in [5.74, 6) is 1.82. The Bertz CT molecular complexity index is 543. The van der Waals surface area contributed by atoms with Crippen LogP contribution in [0.25, 0.3) is 0 Å². The minimum absolute atomic E-state index is 0.0934. The van der Waals surface area contributed by atoms with Crippen molar-refractivity contribution in [3.8, 4) is 0 Å². The maximum Gasteiger partial charge on any atom is 0.220 e. The van der Waals surface area contributed by atoms with Crippen molar-refractivity contribution < 1.29 is 4.79 Å². The topological polar surface area (TPSA) is 57.8 Å². The molecule has 0 saturated carbocycles. The first-order valence-corrected chi connectivity index (χ1v) is 8.24. The molecule has 2 rings (SSSR count). The largest absolute Gasteiger partial charge is 0.356 e. The van der Waals surface area contributed by atoms with Crippen LogP contribution in [0.1, 0.15) is 18.7 Å². The summed E-state index contributed by atoms with van der Waals surface area (Å²) in [6.07, 6.45) is 5.81. The molecule has 0 atom stereocenters. The van der Waals surface area contributed by atoms with Crippen molar-refractivity contribution in [1.29, 1.82) is 0 Å². The molecule has 2 N–H and O–H groups in total. The van der Waals surface area contributed by atoms with Crippen LogP contribution < -0.4 is 5.32 Å². The highest BCUT2D eigenvalue weighted by Gasteiger charge is 2.02. The van der Waals surface area contributed by atoms with E-state index in [1.807, 2.05) is 30.5 Å². The molecule has 0 fully saturated rings. The number of hydrogen-bond acceptors (Lipinski definition) is 3. The summed E-state index contributed by atoms with van der Waals surface area (Å²) < 4.78 is 0. The number of hydrogen-bond donors (Lipinski definition) is 2. The van der Waals surface area contributed by atoms with E-state index in [4.69, 9.17) is 11.6 Å². The van der Waals surface area contributed by atoms with Gasteiger partial charge in [-0.1, -0.05) is 11.6 Å². The number of rotatable bonds is 8. The van der Waals surface area contributed by atoms with Crippen LogP contribution in [-0.4, -0.2) is 28.2 Å². The molecule has 0 unspecified atom stereocenters. The van der Waals surface area contributed by atoms with Gasteiger partial charge >= 0.3 is 0 Å². The molecule has 1 aromatic carbocycles. The van der Waals surface area contributed by atoms with Crippen molar-refractivity contribution in [2.75, 3.05) is 12.3 Å². The molecular weight excluding hydrogens is 306 g/mol. The highest BCUT2D eigenvalue weighted by molar-refractivity contribution is 7.99. The van der Waals surface area contributed by atoms with Gasteiger partial charge in [0.25, 0.3) is 0 Å². The SMILES string of the molecule is O=C(CCSc1ccc(Cl)cc1)NCCCc1ncc[nH]1. The van der Waals surface area contributed by atoms with Crippen LogP contribution in [0.3, 0.4) is 0 Å². The van der Waals surface area contributed by atoms with Gasteiger partial charge in [0.05, 0.1) is 0 Å². The number of thioether (sulfide) groups is 1. The molecule has 0 radical (unpaired) electrons. The van der Waals surface area contributed by atoms with Crippen LogP contribution in [0.15, 0.2) is 41.6 Å². The number of amides is 1. The van der Waals surface area contributed by atoms with Gasteiger partial charge in [-0.2, -0.15) is 0 Å². The Hall–Kier alpha value is -1.46. The van der Waals surface area contributed by atoms with Crippen molar-refractivity contribution in [1.82, 2.24) is 15.3 Å². The maximum atomic E-state index is 11.7. The molecule has 0 spiro atoms. The minimum Gasteiger partial charge on any atom is -0.356 e. The van der Waals surface area contributed by atoms with Crippen LogP contribution in [0, 0.1) is 0 Å². The maximum absolute atomic E-state index is 11.7. The molecule has 0 aliphatic heterocycles. The van der Waals surface area contributed by atoms with E-state index in [1.54, 1.807) is 18.0 Å². The average Bonchev–Trinajstić information content (AvgIpc) is 2.99. The standard InChI is InChI=1S/C15H18ClN3OS/c16-12-3-5-13(6-4-12)21-11-7-15(20)19-8-1-2-14-17-9-10-18-14/h3-6,9-10H,1-2,7-8,11H2,(H,17,18)(H,19,20). The monoisotopic (exact) mass is 323 g/mol. The second-order valence-corrected chi connectivity index (χ2v) is 6.15. The number of aromatic amines is 1. The number of aromatic nitrogens is 2. The van der Waals surface area contributed by atoms with E-state index in [1.165, 1.54) is 0 Å². The van der Waals surface area contributed by atoms with E-state index in [9.17, 15) is 4.79 Å². The summed E-state index contributed by atoms with van der Waals surface area (Å²) in [6, 6.07) is 7.65. The van der Waals surface area contributed by atoms with Crippen LogP contribution in [-0.2, 0) is 11.2 Å². The molecule has 1 amide bonds. The van der Waals surface area contributed by atoms with Crippen molar-refractivity contribution in [3.63, 3.8) is 0 Å². The van der Waals surface area contributed by atoms with E-state index in [0.29, 0.717) is 13.0 Å². The molecular formula is C15H18ClN3OS. The molecule has 112 valence electrons. The highest BCUT2D eigenvalue weighted by Crippen LogP contribution is 2.20. The number of aryl methyl sites for hydroxylation is 1. The Labute approximate surface area is 133 Å². The predicted molar refractivity (Wildman–Crippen MR) is 86.7 cm³/mol. The lowest BCUT2D eigenvalue weighted by Gasteiger charge is -2.05. The number of nitrogens with zero attached hydrogens (tertiary/aromatic N) is 1. The van der Waals surface area contributed by atoms with Gasteiger partial charge in [-0.05, 0) is 30.7 Å². The number of carbonyl (C=O) groups excluding carboxylic acids is 1. The van der Waals surface area contributed by atoms with Crippen molar-refractivity contribution in [3.05, 3.63) is 47.5 Å². The Balaban J connectivity index is 1.54. The number of nitrogens with one attached hydrogen (secondary N) is 2. The van der Waals surface area contributed by atoms with E-state index >= 15 is 0 Å². The van der Waals surface area contributed by atoms with Gasteiger partial charge in [-0.15, -0.1) is 11.8 Å². The first-order chi connectivity index (χ1) is 10.2. The Morgan fingerprint density at radius 3 is 2.86 bits per heavy atom. The molecule has 6 heteroatoms. The van der Waals surface area contributed by atoms with Gasteiger partial charge < -0.3 is 10.3 Å². The van der Waals surface area contributed by atoms with Gasteiger partial charge in [0.1, 0.15) is 5.82 Å². The quantitative estimate of drug-likeness (QED) is 0.579. The lowest BCUT2D eigenvalue weighted by atomic mass is 10.3. The third-order valence-corrected chi connectivity index (χ3v) is 4.14. The van der Waals surface area contributed by atoms with E-state index < -0.39 is 0 Å². The Morgan fingerprint density at radius 1 is 1.33 bits per heavy atom. The third kappa shape index (κ3) is 6.23. The van der Waals surface area contributed by atoms with E-state index in [-0.39, 0.29) is 5.91 Å².